The number of rotatable bonds is 14. The number of aromatic hydroxyl groups is 1. The number of phenolic OH excluding ortho intramolecular Hbond substituents is 1. The van der Waals surface area contributed by atoms with Gasteiger partial charge in [0.2, 0.25) is 15.7 Å². The van der Waals surface area contributed by atoms with Crippen molar-refractivity contribution in [1.82, 2.24) is 10.2 Å². The van der Waals surface area contributed by atoms with Gasteiger partial charge in [0.25, 0.3) is 11.8 Å². The predicted octanol–water partition coefficient (Wildman–Crippen LogP) is 2.36. The highest BCUT2D eigenvalue weighted by Crippen LogP contribution is 2.28. The van der Waals surface area contributed by atoms with E-state index in [9.17, 15) is 37.5 Å². The Morgan fingerprint density at radius 2 is 1.50 bits per heavy atom. The minimum absolute atomic E-state index is 0.0425. The first kappa shape index (κ1) is 39.8. The van der Waals surface area contributed by atoms with E-state index in [4.69, 9.17) is 16.2 Å². The second-order valence-corrected chi connectivity index (χ2v) is 14.7. The third kappa shape index (κ3) is 11.1. The molecule has 0 aliphatic heterocycles. The molecule has 0 aliphatic carbocycles. The van der Waals surface area contributed by atoms with E-state index in [-0.39, 0.29) is 23.0 Å². The minimum atomic E-state index is -4.78. The molecule has 0 aromatic heterocycles. The van der Waals surface area contributed by atoms with Crippen molar-refractivity contribution in [2.24, 2.45) is 23.3 Å². The van der Waals surface area contributed by atoms with E-state index in [0.717, 1.165) is 13.0 Å². The summed E-state index contributed by atoms with van der Waals surface area (Å²) in [4.78, 5) is 66.9. The van der Waals surface area contributed by atoms with Crippen LogP contribution in [0.15, 0.2) is 70.6 Å². The van der Waals surface area contributed by atoms with Crippen LogP contribution in [-0.2, 0) is 45.0 Å². The summed E-state index contributed by atoms with van der Waals surface area (Å²) in [6.07, 6.45) is 0.0757. The molecule has 6 N–H and O–H groups in total. The van der Waals surface area contributed by atoms with Gasteiger partial charge in [-0.05, 0) is 82.9 Å². The molecule has 0 heterocycles. The van der Waals surface area contributed by atoms with Gasteiger partial charge >= 0.3 is 5.97 Å². The van der Waals surface area contributed by atoms with Crippen LogP contribution in [0, 0.1) is 11.8 Å². The Morgan fingerprint density at radius 3 is 2.00 bits per heavy atom. The summed E-state index contributed by atoms with van der Waals surface area (Å²) < 4.78 is 33.9. The number of nitrogens with one attached hydrogen (secondary N) is 1. The Kier molecular flexibility index (Phi) is 13.8. The van der Waals surface area contributed by atoms with E-state index in [1.807, 2.05) is 0 Å². The van der Waals surface area contributed by atoms with Crippen LogP contribution >= 0.6 is 0 Å². The molecule has 14 heteroatoms. The first-order valence-electron chi connectivity index (χ1n) is 15.4. The number of phenols is 1. The lowest BCUT2D eigenvalue weighted by Gasteiger charge is -2.30. The smallest absolute Gasteiger partial charge is 0.307 e. The number of allylic oxidation sites excluding steroid dienone is 1. The van der Waals surface area contributed by atoms with Crippen LogP contribution in [0.25, 0.3) is 0 Å². The fraction of sp³-hybridized carbons (Fsp3) is 0.441. The van der Waals surface area contributed by atoms with Crippen LogP contribution in [0.5, 0.6) is 5.75 Å². The third-order valence-electron chi connectivity index (χ3n) is 7.12. The Morgan fingerprint density at radius 1 is 0.938 bits per heavy atom. The molecular formula is C34H46N4O9S. The van der Waals surface area contributed by atoms with Crippen LogP contribution in [0.1, 0.15) is 60.5 Å². The summed E-state index contributed by atoms with van der Waals surface area (Å²) in [6.45, 7) is 10.6. The monoisotopic (exact) mass is 686 g/mol. The van der Waals surface area contributed by atoms with E-state index in [2.05, 4.69) is 5.32 Å². The first-order valence-corrected chi connectivity index (χ1v) is 16.9. The number of Topliss-reactive ketones (excluding diaryl/α,β-unsaturated/α-hetero) is 1. The molecule has 0 aliphatic rings. The average molecular weight is 687 g/mol. The lowest BCUT2D eigenvalue weighted by molar-refractivity contribution is -0.156. The van der Waals surface area contributed by atoms with Crippen LogP contribution in [-0.4, -0.2) is 71.6 Å². The van der Waals surface area contributed by atoms with E-state index < -0.39 is 80.4 Å². The zero-order valence-electron chi connectivity index (χ0n) is 28.3. The molecule has 0 bridgehead atoms. The SMILES string of the molecule is CC(=O)C(C=C(N(C(=O)C(N)Cc1ccc(O)cc1)C(=O)[C@H](C)NC(=O)C(N)C(C)C)S(=O)(=O)c1ccccc1)CC(=O)OC(C)(C)C. The molecule has 0 saturated heterocycles. The molecule has 48 heavy (non-hydrogen) atoms. The van der Waals surface area contributed by atoms with Gasteiger partial charge in [-0.2, -0.15) is 0 Å². The number of benzene rings is 2. The van der Waals surface area contributed by atoms with Crippen LogP contribution < -0.4 is 16.8 Å². The van der Waals surface area contributed by atoms with Crippen molar-refractivity contribution in [3.8, 4) is 5.75 Å². The highest BCUT2D eigenvalue weighted by atomic mass is 32.2. The topological polar surface area (TPSA) is 216 Å². The number of ether oxygens (including phenoxy) is 1. The van der Waals surface area contributed by atoms with Crippen molar-refractivity contribution in [3.63, 3.8) is 0 Å². The number of imide groups is 1. The number of hydrogen-bond donors (Lipinski definition) is 4. The summed E-state index contributed by atoms with van der Waals surface area (Å²) >= 11 is 0. The van der Waals surface area contributed by atoms with Crippen molar-refractivity contribution in [3.05, 3.63) is 71.3 Å². The normalized spacial score (nSPS) is 14.8. The van der Waals surface area contributed by atoms with Crippen molar-refractivity contribution < 1.29 is 42.2 Å². The molecule has 0 spiro atoms. The number of carbonyl (C=O) groups excluding carboxylic acids is 5. The largest absolute Gasteiger partial charge is 0.508 e. The summed E-state index contributed by atoms with van der Waals surface area (Å²) in [5.74, 6) is -6.38. The standard InChI is InChI=1S/C34H46N4O9S/c1-20(2)30(36)31(42)37-21(3)32(43)38(33(44)27(35)17-23-13-15-25(40)16-14-23)28(48(45,46)26-11-9-8-10-12-26)18-24(22(4)39)19-29(41)47-34(5,6)7/h8-16,18,20-21,24,27,30,40H,17,19,35-36H2,1-7H3,(H,37,42)/t21-,24?,27?,30?/m0/s1. The maximum absolute atomic E-state index is 14.3. The van der Waals surface area contributed by atoms with Gasteiger partial charge in [-0.3, -0.25) is 24.0 Å². The van der Waals surface area contributed by atoms with Crippen LogP contribution in [0.3, 0.4) is 0 Å². The molecule has 0 radical (unpaired) electrons. The number of esters is 1. The van der Waals surface area contributed by atoms with Crippen LogP contribution in [0.2, 0.25) is 0 Å². The van der Waals surface area contributed by atoms with Crippen molar-refractivity contribution in [2.75, 3.05) is 0 Å². The predicted molar refractivity (Wildman–Crippen MR) is 178 cm³/mol. The lowest BCUT2D eigenvalue weighted by Crippen LogP contribution is -2.56. The van der Waals surface area contributed by atoms with Crippen molar-refractivity contribution in [1.29, 1.82) is 0 Å². The number of amides is 3. The first-order chi connectivity index (χ1) is 22.1. The highest BCUT2D eigenvalue weighted by molar-refractivity contribution is 7.95. The summed E-state index contributed by atoms with van der Waals surface area (Å²) in [5.41, 5.74) is 11.8. The Labute approximate surface area is 281 Å². The Bertz CT molecular complexity index is 1620. The molecule has 3 unspecified atom stereocenters. The van der Waals surface area contributed by atoms with Gasteiger partial charge in [-0.1, -0.05) is 44.2 Å². The second-order valence-electron chi connectivity index (χ2n) is 12.8. The second kappa shape index (κ2) is 16.6. The summed E-state index contributed by atoms with van der Waals surface area (Å²) in [7, 11) is -4.78. The van der Waals surface area contributed by atoms with Gasteiger partial charge in [-0.15, -0.1) is 0 Å². The molecule has 0 saturated carbocycles. The number of carbonyl (C=O) groups is 5. The highest BCUT2D eigenvalue weighted by Gasteiger charge is 2.40. The van der Waals surface area contributed by atoms with Gasteiger partial charge in [0, 0.05) is 5.92 Å². The van der Waals surface area contributed by atoms with E-state index in [1.54, 1.807) is 40.7 Å². The Hall–Kier alpha value is -4.40. The van der Waals surface area contributed by atoms with E-state index in [1.165, 1.54) is 55.5 Å². The minimum Gasteiger partial charge on any atom is -0.508 e. The van der Waals surface area contributed by atoms with Crippen molar-refractivity contribution in [2.45, 2.75) is 89.9 Å². The number of sulfone groups is 1. The zero-order chi connectivity index (χ0) is 36.6. The van der Waals surface area contributed by atoms with E-state index in [0.29, 0.717) is 10.5 Å². The number of nitrogens with zero attached hydrogens (tertiary/aromatic N) is 1. The molecule has 13 nitrogen and oxygen atoms in total. The maximum Gasteiger partial charge on any atom is 0.307 e. The molecule has 3 amide bonds. The maximum atomic E-state index is 14.3. The fourth-order valence-electron chi connectivity index (χ4n) is 4.39. The number of hydrogen-bond acceptors (Lipinski definition) is 11. The quantitative estimate of drug-likeness (QED) is 0.212. The van der Waals surface area contributed by atoms with Crippen molar-refractivity contribution >= 4 is 39.3 Å². The number of ketones is 1. The third-order valence-corrected chi connectivity index (χ3v) is 8.88. The van der Waals surface area contributed by atoms with Crippen LogP contribution in [0.4, 0.5) is 0 Å². The van der Waals surface area contributed by atoms with Gasteiger partial charge in [-0.25, -0.2) is 13.3 Å². The molecule has 2 aromatic rings. The molecule has 4 atom stereocenters. The molecular weight excluding hydrogens is 640 g/mol. The molecule has 262 valence electrons. The van der Waals surface area contributed by atoms with Gasteiger partial charge in [0.1, 0.15) is 28.2 Å². The van der Waals surface area contributed by atoms with Gasteiger partial charge in [0.15, 0.2) is 0 Å². The zero-order valence-corrected chi connectivity index (χ0v) is 29.1. The molecule has 2 aromatic carbocycles. The summed E-state index contributed by atoms with van der Waals surface area (Å²) in [5, 5.41) is 11.2. The number of nitrogens with two attached hydrogens (primary N) is 2. The Balaban J connectivity index is 2.82. The molecule has 2 rings (SSSR count). The van der Waals surface area contributed by atoms with Gasteiger partial charge in [0.05, 0.1) is 23.4 Å². The average Bonchev–Trinajstić information content (AvgIpc) is 2.99. The molecule has 0 fully saturated rings. The fourth-order valence-corrected chi connectivity index (χ4v) is 5.91. The lowest BCUT2D eigenvalue weighted by atomic mass is 10.0. The van der Waals surface area contributed by atoms with E-state index >= 15 is 0 Å². The summed E-state index contributed by atoms with van der Waals surface area (Å²) in [6, 6.07) is 8.55. The van der Waals surface area contributed by atoms with Gasteiger partial charge < -0.3 is 26.6 Å².